The van der Waals surface area contributed by atoms with Crippen molar-refractivity contribution in [2.45, 2.75) is 38.2 Å². The summed E-state index contributed by atoms with van der Waals surface area (Å²) in [5, 5.41) is 9.83. The maximum atomic E-state index is 9.83. The SMILES string of the molecule is C=C[C@@]1(O)CCCC[C@@H]1C. The van der Waals surface area contributed by atoms with Crippen molar-refractivity contribution in [2.75, 3.05) is 0 Å². The monoisotopic (exact) mass is 140 g/mol. The van der Waals surface area contributed by atoms with E-state index < -0.39 is 5.60 Å². The number of hydrogen-bond donors (Lipinski definition) is 1. The third kappa shape index (κ3) is 1.24. The summed E-state index contributed by atoms with van der Waals surface area (Å²) in [6.45, 7) is 5.75. The second-order valence-corrected chi connectivity index (χ2v) is 3.34. The van der Waals surface area contributed by atoms with Gasteiger partial charge in [-0.25, -0.2) is 0 Å². The maximum absolute atomic E-state index is 9.83. The molecule has 1 heteroatoms. The molecule has 0 aromatic heterocycles. The Labute approximate surface area is 62.8 Å². The van der Waals surface area contributed by atoms with Crippen LogP contribution in [0, 0.1) is 5.92 Å². The van der Waals surface area contributed by atoms with Gasteiger partial charge < -0.3 is 5.11 Å². The lowest BCUT2D eigenvalue weighted by Gasteiger charge is -2.35. The molecule has 1 aliphatic rings. The highest BCUT2D eigenvalue weighted by atomic mass is 16.3. The van der Waals surface area contributed by atoms with E-state index in [9.17, 15) is 5.11 Å². The predicted octanol–water partition coefficient (Wildman–Crippen LogP) is 2.11. The second kappa shape index (κ2) is 2.75. The average Bonchev–Trinajstić information content (AvgIpc) is 1.96. The minimum atomic E-state index is -0.557. The summed E-state index contributed by atoms with van der Waals surface area (Å²) >= 11 is 0. The molecule has 0 aromatic carbocycles. The van der Waals surface area contributed by atoms with E-state index in [2.05, 4.69) is 13.5 Å². The van der Waals surface area contributed by atoms with E-state index in [0.29, 0.717) is 5.92 Å². The summed E-state index contributed by atoms with van der Waals surface area (Å²) in [5.74, 6) is 0.402. The van der Waals surface area contributed by atoms with Gasteiger partial charge in [0.1, 0.15) is 0 Å². The summed E-state index contributed by atoms with van der Waals surface area (Å²) in [6, 6.07) is 0. The molecule has 0 aromatic rings. The Morgan fingerprint density at radius 1 is 1.60 bits per heavy atom. The maximum Gasteiger partial charge on any atom is 0.0850 e. The molecule has 2 atom stereocenters. The Morgan fingerprint density at radius 2 is 2.30 bits per heavy atom. The number of aliphatic hydroxyl groups is 1. The molecule has 0 bridgehead atoms. The lowest BCUT2D eigenvalue weighted by Crippen LogP contribution is -2.36. The van der Waals surface area contributed by atoms with E-state index in [0.717, 1.165) is 19.3 Å². The quantitative estimate of drug-likeness (QED) is 0.553. The molecule has 1 nitrogen and oxygen atoms in total. The number of hydrogen-bond acceptors (Lipinski definition) is 1. The van der Waals surface area contributed by atoms with Gasteiger partial charge in [-0.15, -0.1) is 6.58 Å². The van der Waals surface area contributed by atoms with Gasteiger partial charge in [0.25, 0.3) is 0 Å². The van der Waals surface area contributed by atoms with Gasteiger partial charge in [-0.3, -0.25) is 0 Å². The zero-order valence-corrected chi connectivity index (χ0v) is 6.64. The van der Waals surface area contributed by atoms with Gasteiger partial charge in [0.15, 0.2) is 0 Å². The van der Waals surface area contributed by atoms with E-state index in [1.165, 1.54) is 6.42 Å². The minimum absolute atomic E-state index is 0.402. The lowest BCUT2D eigenvalue weighted by molar-refractivity contribution is 0.00376. The standard InChI is InChI=1S/C9H16O/c1-3-9(10)7-5-4-6-8(9)2/h3,8,10H,1,4-7H2,2H3/t8-,9+/m0/s1. The Bertz CT molecular complexity index is 131. The lowest BCUT2D eigenvalue weighted by atomic mass is 9.77. The van der Waals surface area contributed by atoms with Crippen molar-refractivity contribution in [3.63, 3.8) is 0 Å². The van der Waals surface area contributed by atoms with Crippen LogP contribution >= 0.6 is 0 Å². The van der Waals surface area contributed by atoms with Crippen LogP contribution in [-0.4, -0.2) is 10.7 Å². The van der Waals surface area contributed by atoms with E-state index in [1.54, 1.807) is 6.08 Å². The average molecular weight is 140 g/mol. The molecule has 1 saturated carbocycles. The normalized spacial score (nSPS) is 41.2. The van der Waals surface area contributed by atoms with E-state index in [4.69, 9.17) is 0 Å². The first-order valence-electron chi connectivity index (χ1n) is 4.05. The fourth-order valence-electron chi connectivity index (χ4n) is 1.66. The Balaban J connectivity index is 2.62. The van der Waals surface area contributed by atoms with Crippen molar-refractivity contribution in [3.8, 4) is 0 Å². The van der Waals surface area contributed by atoms with Crippen LogP contribution in [0.4, 0.5) is 0 Å². The molecule has 0 heterocycles. The summed E-state index contributed by atoms with van der Waals surface area (Å²) in [7, 11) is 0. The molecule has 0 spiro atoms. The van der Waals surface area contributed by atoms with E-state index in [-0.39, 0.29) is 0 Å². The summed E-state index contributed by atoms with van der Waals surface area (Å²) < 4.78 is 0. The predicted molar refractivity (Wildman–Crippen MR) is 42.8 cm³/mol. The third-order valence-electron chi connectivity index (χ3n) is 2.67. The first-order valence-corrected chi connectivity index (χ1v) is 4.05. The van der Waals surface area contributed by atoms with Gasteiger partial charge in [-0.2, -0.15) is 0 Å². The highest BCUT2D eigenvalue weighted by Crippen LogP contribution is 2.33. The molecule has 1 N–H and O–H groups in total. The molecular weight excluding hydrogens is 124 g/mol. The molecule has 1 fully saturated rings. The van der Waals surface area contributed by atoms with Crippen LogP contribution in [-0.2, 0) is 0 Å². The molecule has 0 saturated heterocycles. The van der Waals surface area contributed by atoms with Gasteiger partial charge in [-0.05, 0) is 18.8 Å². The summed E-state index contributed by atoms with van der Waals surface area (Å²) in [5.41, 5.74) is -0.557. The smallest absolute Gasteiger partial charge is 0.0850 e. The first-order chi connectivity index (χ1) is 4.69. The topological polar surface area (TPSA) is 20.2 Å². The van der Waals surface area contributed by atoms with Crippen LogP contribution in [0.25, 0.3) is 0 Å². The fraction of sp³-hybridized carbons (Fsp3) is 0.778. The molecule has 0 radical (unpaired) electrons. The molecule has 10 heavy (non-hydrogen) atoms. The van der Waals surface area contributed by atoms with E-state index >= 15 is 0 Å². The van der Waals surface area contributed by atoms with Gasteiger partial charge in [0, 0.05) is 0 Å². The van der Waals surface area contributed by atoms with Crippen LogP contribution in [0.1, 0.15) is 32.6 Å². The number of rotatable bonds is 1. The van der Waals surface area contributed by atoms with Gasteiger partial charge in [-0.1, -0.05) is 25.8 Å². The van der Waals surface area contributed by atoms with Gasteiger partial charge in [0.05, 0.1) is 5.60 Å². The van der Waals surface area contributed by atoms with Crippen molar-refractivity contribution in [2.24, 2.45) is 5.92 Å². The Hall–Kier alpha value is -0.300. The van der Waals surface area contributed by atoms with Crippen LogP contribution in [0.3, 0.4) is 0 Å². The first kappa shape index (κ1) is 7.80. The molecule has 0 unspecified atom stereocenters. The molecular formula is C9H16O. The second-order valence-electron chi connectivity index (χ2n) is 3.34. The molecule has 1 rings (SSSR count). The Morgan fingerprint density at radius 3 is 2.70 bits per heavy atom. The molecule has 58 valence electrons. The van der Waals surface area contributed by atoms with Crippen LogP contribution in [0.2, 0.25) is 0 Å². The molecule has 0 amide bonds. The van der Waals surface area contributed by atoms with Crippen LogP contribution in [0.5, 0.6) is 0 Å². The molecule has 1 aliphatic carbocycles. The minimum Gasteiger partial charge on any atom is -0.386 e. The Kier molecular flexibility index (Phi) is 2.14. The van der Waals surface area contributed by atoms with Crippen molar-refractivity contribution in [1.29, 1.82) is 0 Å². The van der Waals surface area contributed by atoms with Crippen LogP contribution in [0.15, 0.2) is 12.7 Å². The zero-order valence-electron chi connectivity index (χ0n) is 6.64. The third-order valence-corrected chi connectivity index (χ3v) is 2.67. The zero-order chi connectivity index (χ0) is 7.61. The van der Waals surface area contributed by atoms with Gasteiger partial charge in [0.2, 0.25) is 0 Å². The van der Waals surface area contributed by atoms with E-state index in [1.807, 2.05) is 0 Å². The highest BCUT2D eigenvalue weighted by Gasteiger charge is 2.32. The van der Waals surface area contributed by atoms with Gasteiger partial charge >= 0.3 is 0 Å². The van der Waals surface area contributed by atoms with Crippen molar-refractivity contribution in [3.05, 3.63) is 12.7 Å². The highest BCUT2D eigenvalue weighted by molar-refractivity contribution is 5.00. The van der Waals surface area contributed by atoms with Crippen molar-refractivity contribution >= 4 is 0 Å². The molecule has 0 aliphatic heterocycles. The van der Waals surface area contributed by atoms with Crippen molar-refractivity contribution in [1.82, 2.24) is 0 Å². The summed E-state index contributed by atoms with van der Waals surface area (Å²) in [4.78, 5) is 0. The largest absolute Gasteiger partial charge is 0.386 e. The summed E-state index contributed by atoms with van der Waals surface area (Å²) in [6.07, 6.45) is 6.15. The van der Waals surface area contributed by atoms with Crippen LogP contribution < -0.4 is 0 Å². The fourth-order valence-corrected chi connectivity index (χ4v) is 1.66. The van der Waals surface area contributed by atoms with Crippen molar-refractivity contribution < 1.29 is 5.11 Å².